The van der Waals surface area contributed by atoms with Crippen LogP contribution in [0.1, 0.15) is 13.8 Å². The third-order valence-electron chi connectivity index (χ3n) is 1.73. The molecule has 72 valence electrons. The minimum Gasteiger partial charge on any atom is -0.481 e. The molecule has 2 atom stereocenters. The Bertz CT molecular complexity index is 192. The van der Waals surface area contributed by atoms with Crippen molar-refractivity contribution in [3.63, 3.8) is 0 Å². The van der Waals surface area contributed by atoms with Gasteiger partial charge in [-0.3, -0.25) is 9.59 Å². The Morgan fingerprint density at radius 2 is 1.75 bits per heavy atom. The topological polar surface area (TPSA) is 101 Å². The van der Waals surface area contributed by atoms with E-state index in [0.29, 0.717) is 0 Å². The highest BCUT2D eigenvalue weighted by Gasteiger charge is 2.38. The highest BCUT2D eigenvalue weighted by Crippen LogP contribution is 2.13. The Hall–Kier alpha value is -0.810. The van der Waals surface area contributed by atoms with E-state index in [2.05, 4.69) is 0 Å². The first-order chi connectivity index (χ1) is 4.80. The van der Waals surface area contributed by atoms with E-state index in [1.165, 1.54) is 13.8 Å². The van der Waals surface area contributed by atoms with Gasteiger partial charge in [-0.25, -0.2) is 0 Å². The van der Waals surface area contributed by atoms with Gasteiger partial charge in [0.25, 0.3) is 0 Å². The molecule has 5 nitrogen and oxygen atoms in total. The lowest BCUT2D eigenvalue weighted by Crippen LogP contribution is -2.53. The zero-order valence-corrected chi connectivity index (χ0v) is 7.59. The van der Waals surface area contributed by atoms with Crippen LogP contribution in [0.5, 0.6) is 0 Å². The van der Waals surface area contributed by atoms with Crippen LogP contribution in [-0.4, -0.2) is 27.7 Å². The number of aliphatic carboxylic acids is 2. The average molecular weight is 198 g/mol. The first-order valence-electron chi connectivity index (χ1n) is 3.05. The van der Waals surface area contributed by atoms with Crippen LogP contribution >= 0.6 is 12.4 Å². The summed E-state index contributed by atoms with van der Waals surface area (Å²) in [6, 6.07) is 0. The van der Waals surface area contributed by atoms with E-state index < -0.39 is 23.4 Å². The van der Waals surface area contributed by atoms with Gasteiger partial charge in [0.2, 0.25) is 0 Å². The van der Waals surface area contributed by atoms with Gasteiger partial charge in [0, 0.05) is 0 Å². The maximum atomic E-state index is 10.4. The minimum absolute atomic E-state index is 0. The number of halogens is 1. The van der Waals surface area contributed by atoms with Gasteiger partial charge in [-0.05, 0) is 13.8 Å². The van der Waals surface area contributed by atoms with E-state index >= 15 is 0 Å². The second kappa shape index (κ2) is 4.27. The van der Waals surface area contributed by atoms with Gasteiger partial charge in [-0.15, -0.1) is 12.4 Å². The second-order valence-electron chi connectivity index (χ2n) is 2.65. The van der Waals surface area contributed by atoms with E-state index in [9.17, 15) is 9.59 Å². The molecule has 0 radical (unpaired) electrons. The molecule has 0 aliphatic rings. The molecule has 4 N–H and O–H groups in total. The maximum absolute atomic E-state index is 10.4. The van der Waals surface area contributed by atoms with Crippen molar-refractivity contribution < 1.29 is 19.8 Å². The van der Waals surface area contributed by atoms with Gasteiger partial charge in [-0.2, -0.15) is 0 Å². The third kappa shape index (κ3) is 2.67. The molecule has 0 aromatic heterocycles. The molecule has 0 bridgehead atoms. The fourth-order valence-corrected chi connectivity index (χ4v) is 0.442. The molecule has 0 saturated heterocycles. The van der Waals surface area contributed by atoms with Gasteiger partial charge in [0.15, 0.2) is 0 Å². The van der Waals surface area contributed by atoms with Crippen LogP contribution in [-0.2, 0) is 9.59 Å². The van der Waals surface area contributed by atoms with Crippen LogP contribution in [0.4, 0.5) is 0 Å². The molecule has 1 unspecified atom stereocenters. The molecule has 0 heterocycles. The molecule has 12 heavy (non-hydrogen) atoms. The van der Waals surface area contributed by atoms with E-state index in [0.717, 1.165) is 0 Å². The summed E-state index contributed by atoms with van der Waals surface area (Å²) in [6.07, 6.45) is 0. The molecule has 0 aromatic carbocycles. The highest BCUT2D eigenvalue weighted by molar-refractivity contribution is 5.86. The molecular weight excluding hydrogens is 186 g/mol. The van der Waals surface area contributed by atoms with Crippen molar-refractivity contribution in [3.05, 3.63) is 0 Å². The summed E-state index contributed by atoms with van der Waals surface area (Å²) >= 11 is 0. The molecule has 6 heteroatoms. The van der Waals surface area contributed by atoms with Gasteiger partial charge >= 0.3 is 11.9 Å². The highest BCUT2D eigenvalue weighted by atomic mass is 35.5. The van der Waals surface area contributed by atoms with Crippen LogP contribution in [0.15, 0.2) is 0 Å². The standard InChI is InChI=1S/C6H11NO4.ClH/c1-3(4(8)9)6(2,7)5(10)11;/h3H,7H2,1-2H3,(H,8,9)(H,10,11);1H/t3?,6-;/m0./s1. The second-order valence-corrected chi connectivity index (χ2v) is 2.65. The predicted molar refractivity (Wildman–Crippen MR) is 44.3 cm³/mol. The van der Waals surface area contributed by atoms with Gasteiger partial charge in [-0.1, -0.05) is 0 Å². The molecular formula is C6H12ClNO4. The van der Waals surface area contributed by atoms with Crippen molar-refractivity contribution in [1.29, 1.82) is 0 Å². The number of hydrogen-bond donors (Lipinski definition) is 3. The lowest BCUT2D eigenvalue weighted by Gasteiger charge is -2.22. The van der Waals surface area contributed by atoms with Gasteiger partial charge in [0.05, 0.1) is 5.92 Å². The Morgan fingerprint density at radius 3 is 1.83 bits per heavy atom. The Labute approximate surface area is 76.0 Å². The first kappa shape index (κ1) is 13.8. The molecule has 0 rings (SSSR count). The summed E-state index contributed by atoms with van der Waals surface area (Å²) in [5.74, 6) is -3.62. The fourth-order valence-electron chi connectivity index (χ4n) is 0.442. The molecule has 0 fully saturated rings. The molecule has 0 spiro atoms. The summed E-state index contributed by atoms with van der Waals surface area (Å²) in [5, 5.41) is 16.9. The van der Waals surface area contributed by atoms with Crippen molar-refractivity contribution in [2.45, 2.75) is 19.4 Å². The quantitative estimate of drug-likeness (QED) is 0.588. The third-order valence-corrected chi connectivity index (χ3v) is 1.73. The van der Waals surface area contributed by atoms with Crippen LogP contribution in [0.3, 0.4) is 0 Å². The summed E-state index contributed by atoms with van der Waals surface area (Å²) in [5.41, 5.74) is 3.52. The van der Waals surface area contributed by atoms with Gasteiger partial charge in [0.1, 0.15) is 5.54 Å². The molecule has 0 aliphatic heterocycles. The molecule has 0 aromatic rings. The summed E-state index contributed by atoms with van der Waals surface area (Å²) in [7, 11) is 0. The normalized spacial score (nSPS) is 16.9. The number of nitrogens with two attached hydrogens (primary N) is 1. The van der Waals surface area contributed by atoms with Crippen LogP contribution in [0.2, 0.25) is 0 Å². The Morgan fingerprint density at radius 1 is 1.42 bits per heavy atom. The van der Waals surface area contributed by atoms with Crippen molar-refractivity contribution in [1.82, 2.24) is 0 Å². The number of rotatable bonds is 3. The zero-order valence-electron chi connectivity index (χ0n) is 6.77. The van der Waals surface area contributed by atoms with E-state index in [-0.39, 0.29) is 12.4 Å². The largest absolute Gasteiger partial charge is 0.481 e. The van der Waals surface area contributed by atoms with Crippen molar-refractivity contribution in [2.24, 2.45) is 11.7 Å². The average Bonchev–Trinajstić information content (AvgIpc) is 1.85. The fraction of sp³-hybridized carbons (Fsp3) is 0.667. The van der Waals surface area contributed by atoms with Crippen molar-refractivity contribution >= 4 is 24.3 Å². The summed E-state index contributed by atoms with van der Waals surface area (Å²) < 4.78 is 0. The number of carbonyl (C=O) groups is 2. The van der Waals surface area contributed by atoms with Crippen LogP contribution in [0, 0.1) is 5.92 Å². The maximum Gasteiger partial charge on any atom is 0.324 e. The predicted octanol–water partition coefficient (Wildman–Crippen LogP) is -0.0691. The van der Waals surface area contributed by atoms with Crippen molar-refractivity contribution in [2.75, 3.05) is 0 Å². The molecule has 0 amide bonds. The minimum atomic E-state index is -1.70. The number of carboxylic acid groups (broad SMARTS) is 2. The van der Waals surface area contributed by atoms with E-state index in [4.69, 9.17) is 15.9 Å². The lowest BCUT2D eigenvalue weighted by atomic mass is 9.88. The summed E-state index contributed by atoms with van der Waals surface area (Å²) in [6.45, 7) is 2.44. The monoisotopic (exact) mass is 197 g/mol. The SMILES string of the molecule is CC(C(=O)O)[C@](C)(N)C(=O)O.Cl. The van der Waals surface area contributed by atoms with E-state index in [1.807, 2.05) is 0 Å². The number of hydrogen-bond acceptors (Lipinski definition) is 3. The Balaban J connectivity index is 0. The number of carboxylic acids is 2. The molecule has 0 aliphatic carbocycles. The lowest BCUT2D eigenvalue weighted by molar-refractivity contribution is -0.153. The molecule has 0 saturated carbocycles. The zero-order chi connectivity index (χ0) is 9.23. The summed E-state index contributed by atoms with van der Waals surface area (Å²) in [4.78, 5) is 20.7. The first-order valence-corrected chi connectivity index (χ1v) is 3.05. The van der Waals surface area contributed by atoms with Crippen LogP contribution in [0.25, 0.3) is 0 Å². The van der Waals surface area contributed by atoms with Crippen molar-refractivity contribution in [3.8, 4) is 0 Å². The van der Waals surface area contributed by atoms with Crippen LogP contribution < -0.4 is 5.73 Å². The smallest absolute Gasteiger partial charge is 0.324 e. The Kier molecular flexibility index (Phi) is 4.90. The van der Waals surface area contributed by atoms with Gasteiger partial charge < -0.3 is 15.9 Å². The van der Waals surface area contributed by atoms with E-state index in [1.54, 1.807) is 0 Å².